The molecule has 0 amide bonds. The number of sulfonamides is 1. The van der Waals surface area contributed by atoms with E-state index in [1.54, 1.807) is 6.92 Å². The van der Waals surface area contributed by atoms with Gasteiger partial charge >= 0.3 is 0 Å². The molecule has 0 fully saturated rings. The number of hydrogen-bond donors (Lipinski definition) is 1. The van der Waals surface area contributed by atoms with Crippen molar-refractivity contribution in [2.45, 2.75) is 25.5 Å². The van der Waals surface area contributed by atoms with Crippen molar-refractivity contribution in [1.29, 1.82) is 0 Å². The second-order valence-electron chi connectivity index (χ2n) is 2.05. The number of primary sulfonamides is 1. The van der Waals surface area contributed by atoms with Crippen LogP contribution >= 0.6 is 0 Å². The summed E-state index contributed by atoms with van der Waals surface area (Å²) in [5.74, 6) is -0.345. The summed E-state index contributed by atoms with van der Waals surface area (Å²) in [7, 11) is -3.66. The van der Waals surface area contributed by atoms with Crippen molar-refractivity contribution in [1.82, 2.24) is 0 Å². The molecule has 10 heavy (non-hydrogen) atoms. The molecule has 0 rings (SSSR count). The molecule has 0 aliphatic rings. The van der Waals surface area contributed by atoms with E-state index in [1.165, 1.54) is 6.92 Å². The number of hydrogen-bond acceptors (Lipinski definition) is 3. The van der Waals surface area contributed by atoms with Crippen LogP contribution < -0.4 is 5.14 Å². The lowest BCUT2D eigenvalue weighted by Crippen LogP contribution is -2.32. The second-order valence-corrected chi connectivity index (χ2v) is 3.94. The molecule has 0 saturated carbocycles. The third kappa shape index (κ3) is 2.45. The van der Waals surface area contributed by atoms with E-state index >= 15 is 0 Å². The summed E-state index contributed by atoms with van der Waals surface area (Å²) in [5, 5.41) is 3.65. The van der Waals surface area contributed by atoms with Gasteiger partial charge in [0.05, 0.1) is 0 Å². The SMILES string of the molecule is CCC(=O)C(C)S(N)(=O)=O. The van der Waals surface area contributed by atoms with Crippen LogP contribution in [0.2, 0.25) is 0 Å². The van der Waals surface area contributed by atoms with Crippen LogP contribution in [0.4, 0.5) is 0 Å². The Morgan fingerprint density at radius 3 is 2.10 bits per heavy atom. The quantitative estimate of drug-likeness (QED) is 0.620. The first-order valence-electron chi connectivity index (χ1n) is 2.94. The summed E-state index contributed by atoms with van der Waals surface area (Å²) < 4.78 is 21.0. The third-order valence-corrected chi connectivity index (χ3v) is 2.54. The summed E-state index contributed by atoms with van der Waals surface area (Å²) >= 11 is 0. The number of carbonyl (C=O) groups excluding carboxylic acids is 1. The van der Waals surface area contributed by atoms with Crippen molar-refractivity contribution in [2.24, 2.45) is 5.14 Å². The van der Waals surface area contributed by atoms with Crippen LogP contribution in [-0.4, -0.2) is 19.5 Å². The molecule has 0 heterocycles. The van der Waals surface area contributed by atoms with Gasteiger partial charge in [0.25, 0.3) is 0 Å². The average Bonchev–Trinajstić information content (AvgIpc) is 1.83. The van der Waals surface area contributed by atoms with E-state index < -0.39 is 15.3 Å². The Kier molecular flexibility index (Phi) is 2.98. The van der Waals surface area contributed by atoms with Crippen LogP contribution in [0.15, 0.2) is 0 Å². The maximum Gasteiger partial charge on any atom is 0.218 e. The van der Waals surface area contributed by atoms with E-state index in [-0.39, 0.29) is 12.2 Å². The fourth-order valence-corrected chi connectivity index (χ4v) is 1.00. The number of Topliss-reactive ketones (excluding diaryl/α,β-unsaturated/α-hetero) is 1. The Balaban J connectivity index is 4.39. The molecule has 2 N–H and O–H groups in total. The van der Waals surface area contributed by atoms with Gasteiger partial charge in [0.2, 0.25) is 10.0 Å². The summed E-state index contributed by atoms with van der Waals surface area (Å²) in [6, 6.07) is 0. The lowest BCUT2D eigenvalue weighted by Gasteiger charge is -2.04. The normalized spacial score (nSPS) is 14.7. The fraction of sp³-hybridized carbons (Fsp3) is 0.800. The van der Waals surface area contributed by atoms with Gasteiger partial charge in [-0.15, -0.1) is 0 Å². The van der Waals surface area contributed by atoms with Gasteiger partial charge in [0.15, 0.2) is 5.78 Å². The minimum absolute atomic E-state index is 0.206. The Bertz CT molecular complexity index is 219. The van der Waals surface area contributed by atoms with Gasteiger partial charge in [-0.05, 0) is 6.92 Å². The lowest BCUT2D eigenvalue weighted by atomic mass is 10.2. The van der Waals surface area contributed by atoms with Crippen molar-refractivity contribution in [3.05, 3.63) is 0 Å². The van der Waals surface area contributed by atoms with Crippen molar-refractivity contribution in [2.75, 3.05) is 0 Å². The van der Waals surface area contributed by atoms with Gasteiger partial charge in [-0.1, -0.05) is 6.92 Å². The molecule has 0 aromatic carbocycles. The predicted octanol–water partition coefficient (Wildman–Crippen LogP) is -0.357. The highest BCUT2D eigenvalue weighted by Crippen LogP contribution is 1.98. The van der Waals surface area contributed by atoms with Crippen LogP contribution in [0.25, 0.3) is 0 Å². The molecular formula is C5H11NO3S. The highest BCUT2D eigenvalue weighted by atomic mass is 32.2. The molecule has 1 atom stereocenters. The van der Waals surface area contributed by atoms with Gasteiger partial charge in [0, 0.05) is 6.42 Å². The third-order valence-electron chi connectivity index (χ3n) is 1.29. The van der Waals surface area contributed by atoms with Gasteiger partial charge in [0.1, 0.15) is 5.25 Å². The zero-order valence-electron chi connectivity index (χ0n) is 5.99. The van der Waals surface area contributed by atoms with E-state index in [9.17, 15) is 13.2 Å². The molecule has 60 valence electrons. The number of rotatable bonds is 3. The van der Waals surface area contributed by atoms with E-state index in [0.29, 0.717) is 0 Å². The molecule has 0 aliphatic carbocycles. The average molecular weight is 165 g/mol. The topological polar surface area (TPSA) is 77.2 Å². The monoisotopic (exact) mass is 165 g/mol. The molecular weight excluding hydrogens is 154 g/mol. The maximum atomic E-state index is 10.7. The molecule has 0 aromatic rings. The lowest BCUT2D eigenvalue weighted by molar-refractivity contribution is -0.118. The molecule has 0 saturated heterocycles. The molecule has 4 nitrogen and oxygen atoms in total. The molecule has 0 radical (unpaired) electrons. The van der Waals surface area contributed by atoms with Crippen LogP contribution in [0.5, 0.6) is 0 Å². The first kappa shape index (κ1) is 9.58. The Labute approximate surface area is 60.5 Å². The van der Waals surface area contributed by atoms with E-state index in [0.717, 1.165) is 0 Å². The zero-order chi connectivity index (χ0) is 8.36. The first-order chi connectivity index (χ1) is 4.39. The number of ketones is 1. The molecule has 0 aromatic heterocycles. The minimum Gasteiger partial charge on any atom is -0.298 e. The fourth-order valence-electron chi connectivity index (χ4n) is 0.471. The van der Waals surface area contributed by atoms with E-state index in [2.05, 4.69) is 0 Å². The number of carbonyl (C=O) groups is 1. The first-order valence-corrected chi connectivity index (χ1v) is 4.55. The number of nitrogens with two attached hydrogens (primary N) is 1. The minimum atomic E-state index is -3.66. The van der Waals surface area contributed by atoms with Gasteiger partial charge < -0.3 is 0 Å². The summed E-state index contributed by atoms with van der Waals surface area (Å²) in [6.07, 6.45) is 0.206. The second kappa shape index (κ2) is 3.12. The van der Waals surface area contributed by atoms with E-state index in [1.807, 2.05) is 0 Å². The van der Waals surface area contributed by atoms with Crippen molar-refractivity contribution in [3.8, 4) is 0 Å². The molecule has 5 heteroatoms. The summed E-state index contributed by atoms with van der Waals surface area (Å²) in [4.78, 5) is 10.7. The Hall–Kier alpha value is -0.420. The largest absolute Gasteiger partial charge is 0.298 e. The highest BCUT2D eigenvalue weighted by molar-refractivity contribution is 7.90. The standard InChI is InChI=1S/C5H11NO3S/c1-3-5(7)4(2)10(6,8)9/h4H,3H2,1-2H3,(H2,6,8,9). The molecule has 0 bridgehead atoms. The molecule has 0 spiro atoms. The van der Waals surface area contributed by atoms with Crippen molar-refractivity contribution in [3.63, 3.8) is 0 Å². The highest BCUT2D eigenvalue weighted by Gasteiger charge is 2.21. The zero-order valence-corrected chi connectivity index (χ0v) is 6.81. The summed E-state index contributed by atoms with van der Waals surface area (Å²) in [5.41, 5.74) is 0. The van der Waals surface area contributed by atoms with Gasteiger partial charge in [-0.3, -0.25) is 4.79 Å². The molecule has 1 unspecified atom stereocenters. The van der Waals surface area contributed by atoms with E-state index in [4.69, 9.17) is 5.14 Å². The van der Waals surface area contributed by atoms with Crippen molar-refractivity contribution < 1.29 is 13.2 Å². The van der Waals surface area contributed by atoms with Gasteiger partial charge in [-0.2, -0.15) is 0 Å². The smallest absolute Gasteiger partial charge is 0.218 e. The predicted molar refractivity (Wildman–Crippen MR) is 37.9 cm³/mol. The summed E-state index contributed by atoms with van der Waals surface area (Å²) in [6.45, 7) is 2.89. The Morgan fingerprint density at radius 2 is 2.00 bits per heavy atom. The molecule has 0 aliphatic heterocycles. The maximum absolute atomic E-state index is 10.7. The van der Waals surface area contributed by atoms with Gasteiger partial charge in [-0.25, -0.2) is 13.6 Å². The van der Waals surface area contributed by atoms with Crippen LogP contribution in [0.3, 0.4) is 0 Å². The Morgan fingerprint density at radius 1 is 1.60 bits per heavy atom. The van der Waals surface area contributed by atoms with Crippen LogP contribution in [-0.2, 0) is 14.8 Å². The van der Waals surface area contributed by atoms with Crippen LogP contribution in [0, 0.1) is 0 Å². The van der Waals surface area contributed by atoms with Crippen LogP contribution in [0.1, 0.15) is 20.3 Å². The van der Waals surface area contributed by atoms with Crippen molar-refractivity contribution >= 4 is 15.8 Å².